The van der Waals surface area contributed by atoms with Crippen LogP contribution in [-0.4, -0.2) is 5.11 Å². The zero-order valence-corrected chi connectivity index (χ0v) is 10.2. The molecule has 2 aromatic rings. The maximum Gasteiger partial charge on any atom is 0.123 e. The van der Waals surface area contributed by atoms with E-state index >= 15 is 0 Å². The summed E-state index contributed by atoms with van der Waals surface area (Å²) in [6, 6.07) is 10.5. The molecule has 1 N–H and O–H groups in total. The third-order valence-corrected chi connectivity index (χ3v) is 2.82. The van der Waals surface area contributed by atoms with Crippen molar-refractivity contribution in [2.24, 2.45) is 0 Å². The van der Waals surface area contributed by atoms with Crippen LogP contribution in [0.2, 0.25) is 10.0 Å². The smallest absolute Gasteiger partial charge is 0.123 e. The number of benzene rings is 2. The maximum absolute atomic E-state index is 12.8. The first kappa shape index (κ1) is 12.4. The highest BCUT2D eigenvalue weighted by atomic mass is 35.5. The van der Waals surface area contributed by atoms with Crippen LogP contribution in [0.4, 0.5) is 4.39 Å². The van der Waals surface area contributed by atoms with Crippen LogP contribution in [0.5, 0.6) is 0 Å². The zero-order valence-electron chi connectivity index (χ0n) is 8.70. The predicted octanol–water partition coefficient (Wildman–Crippen LogP) is 4.21. The third-order valence-electron chi connectivity index (χ3n) is 2.39. The van der Waals surface area contributed by atoms with Crippen LogP contribution in [0.15, 0.2) is 42.5 Å². The Balaban J connectivity index is 2.36. The summed E-state index contributed by atoms with van der Waals surface area (Å²) >= 11 is 11.7. The van der Waals surface area contributed by atoms with Gasteiger partial charge in [-0.2, -0.15) is 0 Å². The Morgan fingerprint density at radius 1 is 0.882 bits per heavy atom. The number of aliphatic hydroxyl groups excluding tert-OH is 1. The fourth-order valence-electron chi connectivity index (χ4n) is 1.57. The minimum Gasteiger partial charge on any atom is -0.384 e. The van der Waals surface area contributed by atoms with Crippen LogP contribution in [0.25, 0.3) is 0 Å². The van der Waals surface area contributed by atoms with Gasteiger partial charge in [-0.25, -0.2) is 4.39 Å². The van der Waals surface area contributed by atoms with Crippen LogP contribution in [0.1, 0.15) is 17.2 Å². The molecule has 2 aromatic carbocycles. The minimum atomic E-state index is -0.869. The molecule has 1 unspecified atom stereocenters. The summed E-state index contributed by atoms with van der Waals surface area (Å²) in [6.07, 6.45) is -0.869. The SMILES string of the molecule is OC(c1ccc(F)cc1)c1cc(Cl)cc(Cl)c1. The Hall–Kier alpha value is -1.09. The number of aliphatic hydroxyl groups is 1. The summed E-state index contributed by atoms with van der Waals surface area (Å²) in [5, 5.41) is 11.0. The van der Waals surface area contributed by atoms with Gasteiger partial charge in [-0.05, 0) is 41.5 Å². The second-order valence-electron chi connectivity index (χ2n) is 3.66. The molecule has 0 saturated carbocycles. The second-order valence-corrected chi connectivity index (χ2v) is 4.53. The van der Waals surface area contributed by atoms with Crippen molar-refractivity contribution < 1.29 is 9.50 Å². The number of halogens is 3. The van der Waals surface area contributed by atoms with Gasteiger partial charge in [0.25, 0.3) is 0 Å². The van der Waals surface area contributed by atoms with Gasteiger partial charge in [0.1, 0.15) is 11.9 Å². The van der Waals surface area contributed by atoms with E-state index < -0.39 is 6.10 Å². The molecule has 4 heteroatoms. The Morgan fingerprint density at radius 3 is 1.94 bits per heavy atom. The minimum absolute atomic E-state index is 0.343. The van der Waals surface area contributed by atoms with Gasteiger partial charge in [0, 0.05) is 10.0 Å². The molecule has 0 amide bonds. The lowest BCUT2D eigenvalue weighted by molar-refractivity contribution is 0.220. The van der Waals surface area contributed by atoms with Crippen molar-refractivity contribution in [1.82, 2.24) is 0 Å². The number of rotatable bonds is 2. The van der Waals surface area contributed by atoms with E-state index in [9.17, 15) is 9.50 Å². The molecule has 0 aromatic heterocycles. The molecule has 1 nitrogen and oxygen atoms in total. The van der Waals surface area contributed by atoms with Crippen molar-refractivity contribution in [3.63, 3.8) is 0 Å². The Labute approximate surface area is 108 Å². The van der Waals surface area contributed by atoms with Gasteiger partial charge >= 0.3 is 0 Å². The van der Waals surface area contributed by atoms with E-state index in [0.29, 0.717) is 21.2 Å². The molecular formula is C13H9Cl2FO. The van der Waals surface area contributed by atoms with E-state index in [4.69, 9.17) is 23.2 Å². The molecule has 0 radical (unpaired) electrons. The monoisotopic (exact) mass is 270 g/mol. The largest absolute Gasteiger partial charge is 0.384 e. The summed E-state index contributed by atoms with van der Waals surface area (Å²) in [4.78, 5) is 0. The van der Waals surface area contributed by atoms with Crippen molar-refractivity contribution in [3.05, 3.63) is 69.5 Å². The molecule has 0 fully saturated rings. The maximum atomic E-state index is 12.8. The van der Waals surface area contributed by atoms with E-state index in [1.54, 1.807) is 18.2 Å². The van der Waals surface area contributed by atoms with E-state index in [2.05, 4.69) is 0 Å². The Kier molecular flexibility index (Phi) is 3.67. The molecule has 0 bridgehead atoms. The van der Waals surface area contributed by atoms with Crippen molar-refractivity contribution in [2.75, 3.05) is 0 Å². The summed E-state index contributed by atoms with van der Waals surface area (Å²) in [7, 11) is 0. The molecule has 0 heterocycles. The zero-order chi connectivity index (χ0) is 12.4. The van der Waals surface area contributed by atoms with E-state index in [-0.39, 0.29) is 5.82 Å². The van der Waals surface area contributed by atoms with Gasteiger partial charge in [-0.15, -0.1) is 0 Å². The van der Waals surface area contributed by atoms with Crippen LogP contribution in [0.3, 0.4) is 0 Å². The molecule has 2 rings (SSSR count). The van der Waals surface area contributed by atoms with E-state index in [1.807, 2.05) is 0 Å². The second kappa shape index (κ2) is 5.05. The lowest BCUT2D eigenvalue weighted by atomic mass is 10.0. The third kappa shape index (κ3) is 2.97. The van der Waals surface area contributed by atoms with E-state index in [1.165, 1.54) is 24.3 Å². The molecule has 0 aliphatic rings. The van der Waals surface area contributed by atoms with E-state index in [0.717, 1.165) is 0 Å². The van der Waals surface area contributed by atoms with Crippen LogP contribution in [-0.2, 0) is 0 Å². The molecule has 88 valence electrons. The van der Waals surface area contributed by atoms with Crippen molar-refractivity contribution in [3.8, 4) is 0 Å². The summed E-state index contributed by atoms with van der Waals surface area (Å²) < 4.78 is 12.8. The van der Waals surface area contributed by atoms with Crippen molar-refractivity contribution in [1.29, 1.82) is 0 Å². The fourth-order valence-corrected chi connectivity index (χ4v) is 2.11. The number of hydrogen-bond acceptors (Lipinski definition) is 1. The average Bonchev–Trinajstić information content (AvgIpc) is 2.28. The van der Waals surface area contributed by atoms with Gasteiger partial charge in [0.2, 0.25) is 0 Å². The van der Waals surface area contributed by atoms with Gasteiger partial charge in [0.15, 0.2) is 0 Å². The van der Waals surface area contributed by atoms with Crippen molar-refractivity contribution >= 4 is 23.2 Å². The summed E-state index contributed by atoms with van der Waals surface area (Å²) in [6.45, 7) is 0. The molecule has 0 spiro atoms. The molecule has 17 heavy (non-hydrogen) atoms. The Morgan fingerprint density at radius 2 is 1.41 bits per heavy atom. The lowest BCUT2D eigenvalue weighted by Gasteiger charge is -2.12. The highest BCUT2D eigenvalue weighted by molar-refractivity contribution is 6.34. The highest BCUT2D eigenvalue weighted by Gasteiger charge is 2.11. The number of hydrogen-bond donors (Lipinski definition) is 1. The van der Waals surface area contributed by atoms with Gasteiger partial charge in [-0.3, -0.25) is 0 Å². The fraction of sp³-hybridized carbons (Fsp3) is 0.0769. The van der Waals surface area contributed by atoms with Crippen LogP contribution >= 0.6 is 23.2 Å². The van der Waals surface area contributed by atoms with Crippen LogP contribution in [0, 0.1) is 5.82 Å². The molecular weight excluding hydrogens is 262 g/mol. The van der Waals surface area contributed by atoms with Crippen molar-refractivity contribution in [2.45, 2.75) is 6.10 Å². The standard InChI is InChI=1S/C13H9Cl2FO/c14-10-5-9(6-11(15)7-10)13(17)8-1-3-12(16)4-2-8/h1-7,13,17H. The average molecular weight is 271 g/mol. The molecule has 0 aliphatic carbocycles. The summed E-state index contributed by atoms with van der Waals surface area (Å²) in [5.41, 5.74) is 1.17. The first-order chi connectivity index (χ1) is 8.06. The first-order valence-electron chi connectivity index (χ1n) is 4.96. The quantitative estimate of drug-likeness (QED) is 0.867. The van der Waals surface area contributed by atoms with Gasteiger partial charge in [-0.1, -0.05) is 35.3 Å². The predicted molar refractivity (Wildman–Crippen MR) is 66.9 cm³/mol. The van der Waals surface area contributed by atoms with Gasteiger partial charge in [0.05, 0.1) is 0 Å². The lowest BCUT2D eigenvalue weighted by Crippen LogP contribution is -1.99. The topological polar surface area (TPSA) is 20.2 Å². The first-order valence-corrected chi connectivity index (χ1v) is 5.71. The Bertz CT molecular complexity index is 505. The molecule has 1 atom stereocenters. The van der Waals surface area contributed by atoms with Crippen LogP contribution < -0.4 is 0 Å². The highest BCUT2D eigenvalue weighted by Crippen LogP contribution is 2.27. The van der Waals surface area contributed by atoms with Gasteiger partial charge < -0.3 is 5.11 Å². The normalized spacial score (nSPS) is 12.5. The summed E-state index contributed by atoms with van der Waals surface area (Å²) in [5.74, 6) is -0.343. The molecule has 0 aliphatic heterocycles. The molecule has 0 saturated heterocycles.